The molecule has 2 amide bonds. The average Bonchev–Trinajstić information content (AvgIpc) is 2.62. The van der Waals surface area contributed by atoms with Crippen molar-refractivity contribution >= 4 is 17.8 Å². The normalized spacial score (nSPS) is 21.1. The lowest BCUT2D eigenvalue weighted by atomic mass is 9.98. The lowest BCUT2D eigenvalue weighted by Crippen LogP contribution is -2.37. The fraction of sp³-hybridized carbons (Fsp3) is 0.583. The summed E-state index contributed by atoms with van der Waals surface area (Å²) < 4.78 is 5.24. The summed E-state index contributed by atoms with van der Waals surface area (Å²) in [6.45, 7) is -0.277. The highest BCUT2D eigenvalue weighted by Gasteiger charge is 2.27. The first-order valence-corrected chi connectivity index (χ1v) is 5.90. The molecule has 0 spiro atoms. The molecule has 0 aromatic rings. The zero-order chi connectivity index (χ0) is 12.3. The first-order chi connectivity index (χ1) is 8.16. The molecule has 0 atom stereocenters. The summed E-state index contributed by atoms with van der Waals surface area (Å²) in [6, 6.07) is 0. The van der Waals surface area contributed by atoms with Crippen molar-refractivity contribution in [3.8, 4) is 0 Å². The van der Waals surface area contributed by atoms with Crippen LogP contribution in [-0.2, 0) is 19.1 Å². The number of nitrogens with zero attached hydrogens (tertiary/aromatic N) is 1. The first-order valence-electron chi connectivity index (χ1n) is 5.90. The number of hydrogen-bond donors (Lipinski definition) is 0. The molecule has 0 N–H and O–H groups in total. The van der Waals surface area contributed by atoms with Crippen molar-refractivity contribution in [3.63, 3.8) is 0 Å². The van der Waals surface area contributed by atoms with Gasteiger partial charge in [-0.2, -0.15) is 0 Å². The third-order valence-electron chi connectivity index (χ3n) is 3.04. The second-order valence-corrected chi connectivity index (χ2v) is 4.35. The molecular weight excluding hydrogens is 222 g/mol. The van der Waals surface area contributed by atoms with Crippen LogP contribution in [0.3, 0.4) is 0 Å². The highest BCUT2D eigenvalue weighted by atomic mass is 16.5. The molecule has 1 fully saturated rings. The van der Waals surface area contributed by atoms with E-state index in [4.69, 9.17) is 4.74 Å². The summed E-state index contributed by atoms with van der Waals surface area (Å²) in [7, 11) is 0. The number of esters is 1. The van der Waals surface area contributed by atoms with Gasteiger partial charge in [-0.1, -0.05) is 6.42 Å². The maximum Gasteiger partial charge on any atom is 0.326 e. The molecular formula is C12H15NO4. The number of ether oxygens (including phenoxy) is 1. The van der Waals surface area contributed by atoms with Crippen molar-refractivity contribution in [1.29, 1.82) is 0 Å². The molecule has 5 heteroatoms. The van der Waals surface area contributed by atoms with Gasteiger partial charge in [0.2, 0.25) is 0 Å². The summed E-state index contributed by atoms with van der Waals surface area (Å²) >= 11 is 0. The first kappa shape index (κ1) is 11.8. The predicted molar refractivity (Wildman–Crippen MR) is 58.8 cm³/mol. The van der Waals surface area contributed by atoms with Crippen LogP contribution in [0.5, 0.6) is 0 Å². The molecule has 0 saturated heterocycles. The summed E-state index contributed by atoms with van der Waals surface area (Å²) in [4.78, 5) is 34.9. The SMILES string of the molecule is O=C(CN1C(=O)C=CC1=O)OC1CCCCC1. The van der Waals surface area contributed by atoms with Gasteiger partial charge in [-0.3, -0.25) is 19.3 Å². The third-order valence-corrected chi connectivity index (χ3v) is 3.04. The second-order valence-electron chi connectivity index (χ2n) is 4.35. The minimum atomic E-state index is -0.498. The summed E-state index contributed by atoms with van der Waals surface area (Å²) in [6.07, 6.45) is 7.37. The quantitative estimate of drug-likeness (QED) is 0.537. The van der Waals surface area contributed by atoms with Crippen molar-refractivity contribution in [3.05, 3.63) is 12.2 Å². The van der Waals surface area contributed by atoms with E-state index in [1.807, 2.05) is 0 Å². The Morgan fingerprint density at radius 2 is 1.76 bits per heavy atom. The molecule has 92 valence electrons. The number of amides is 2. The standard InChI is InChI=1S/C12H15NO4/c14-10-6-7-11(15)13(10)8-12(16)17-9-4-2-1-3-5-9/h6-7,9H,1-5,8H2. The van der Waals surface area contributed by atoms with Crippen LogP contribution >= 0.6 is 0 Å². The van der Waals surface area contributed by atoms with Gasteiger partial charge < -0.3 is 4.74 Å². The Morgan fingerprint density at radius 1 is 1.18 bits per heavy atom. The second kappa shape index (κ2) is 5.12. The van der Waals surface area contributed by atoms with Crippen molar-refractivity contribution in [2.75, 3.05) is 6.54 Å². The van der Waals surface area contributed by atoms with E-state index in [1.165, 1.54) is 6.42 Å². The summed E-state index contributed by atoms with van der Waals surface area (Å²) in [5, 5.41) is 0. The zero-order valence-electron chi connectivity index (χ0n) is 9.55. The topological polar surface area (TPSA) is 63.7 Å². The van der Waals surface area contributed by atoms with E-state index in [1.54, 1.807) is 0 Å². The molecule has 5 nitrogen and oxygen atoms in total. The van der Waals surface area contributed by atoms with E-state index in [-0.39, 0.29) is 12.6 Å². The Labute approximate surface area is 99.4 Å². The minimum absolute atomic E-state index is 0.0444. The van der Waals surface area contributed by atoms with E-state index in [9.17, 15) is 14.4 Å². The largest absolute Gasteiger partial charge is 0.461 e. The number of rotatable bonds is 3. The Balaban J connectivity index is 1.80. The molecule has 1 aliphatic carbocycles. The molecule has 0 unspecified atom stereocenters. The molecule has 0 aromatic heterocycles. The van der Waals surface area contributed by atoms with Gasteiger partial charge >= 0.3 is 5.97 Å². The molecule has 2 aliphatic rings. The van der Waals surface area contributed by atoms with E-state index < -0.39 is 17.8 Å². The van der Waals surface area contributed by atoms with Crippen LogP contribution in [0.1, 0.15) is 32.1 Å². The lowest BCUT2D eigenvalue weighted by molar-refractivity contribution is -0.156. The number of imide groups is 1. The molecule has 1 heterocycles. The van der Waals surface area contributed by atoms with Crippen molar-refractivity contribution < 1.29 is 19.1 Å². The zero-order valence-corrected chi connectivity index (χ0v) is 9.55. The highest BCUT2D eigenvalue weighted by Crippen LogP contribution is 2.20. The van der Waals surface area contributed by atoms with Crippen molar-refractivity contribution in [1.82, 2.24) is 4.90 Å². The fourth-order valence-corrected chi connectivity index (χ4v) is 2.12. The van der Waals surface area contributed by atoms with E-state index >= 15 is 0 Å². The van der Waals surface area contributed by atoms with Crippen LogP contribution in [0.15, 0.2) is 12.2 Å². The molecule has 1 aliphatic heterocycles. The molecule has 2 rings (SSSR count). The summed E-state index contributed by atoms with van der Waals surface area (Å²) in [5.74, 6) is -1.39. The molecule has 1 saturated carbocycles. The van der Waals surface area contributed by atoms with E-state index in [2.05, 4.69) is 0 Å². The minimum Gasteiger partial charge on any atom is -0.461 e. The Kier molecular flexibility index (Phi) is 3.56. The van der Waals surface area contributed by atoms with Gasteiger partial charge in [0, 0.05) is 12.2 Å². The number of hydrogen-bond acceptors (Lipinski definition) is 4. The van der Waals surface area contributed by atoms with Crippen molar-refractivity contribution in [2.45, 2.75) is 38.2 Å². The Hall–Kier alpha value is -1.65. The van der Waals surface area contributed by atoms with Gasteiger partial charge in [0.15, 0.2) is 0 Å². The molecule has 0 bridgehead atoms. The van der Waals surface area contributed by atoms with E-state index in [0.717, 1.165) is 42.7 Å². The maximum atomic E-state index is 11.6. The highest BCUT2D eigenvalue weighted by molar-refractivity contribution is 6.14. The van der Waals surface area contributed by atoms with Crippen molar-refractivity contribution in [2.24, 2.45) is 0 Å². The van der Waals surface area contributed by atoms with Gasteiger partial charge in [-0.25, -0.2) is 0 Å². The fourth-order valence-electron chi connectivity index (χ4n) is 2.12. The van der Waals surface area contributed by atoms with Gasteiger partial charge in [0.25, 0.3) is 11.8 Å². The van der Waals surface area contributed by atoms with Crippen LogP contribution < -0.4 is 0 Å². The van der Waals surface area contributed by atoms with E-state index in [0.29, 0.717) is 0 Å². The van der Waals surface area contributed by atoms with Gasteiger partial charge in [0.1, 0.15) is 12.6 Å². The number of carbonyl (C=O) groups is 3. The van der Waals surface area contributed by atoms with Crippen LogP contribution in [0, 0.1) is 0 Å². The summed E-state index contributed by atoms with van der Waals surface area (Å²) in [5.41, 5.74) is 0. The number of carbonyl (C=O) groups excluding carboxylic acids is 3. The molecule has 17 heavy (non-hydrogen) atoms. The average molecular weight is 237 g/mol. The van der Waals surface area contributed by atoms with Gasteiger partial charge in [-0.15, -0.1) is 0 Å². The molecule has 0 aromatic carbocycles. The van der Waals surface area contributed by atoms with Crippen LogP contribution in [-0.4, -0.2) is 35.3 Å². The lowest BCUT2D eigenvalue weighted by Gasteiger charge is -2.22. The van der Waals surface area contributed by atoms with Crippen LogP contribution in [0.2, 0.25) is 0 Å². The maximum absolute atomic E-state index is 11.6. The smallest absolute Gasteiger partial charge is 0.326 e. The third kappa shape index (κ3) is 2.93. The monoisotopic (exact) mass is 237 g/mol. The Bertz CT molecular complexity index is 351. The molecule has 0 radical (unpaired) electrons. The van der Waals surface area contributed by atoms with Crippen LogP contribution in [0.25, 0.3) is 0 Å². The Morgan fingerprint density at radius 3 is 2.35 bits per heavy atom. The van der Waals surface area contributed by atoms with Gasteiger partial charge in [-0.05, 0) is 25.7 Å². The van der Waals surface area contributed by atoms with Crippen LogP contribution in [0.4, 0.5) is 0 Å². The van der Waals surface area contributed by atoms with Gasteiger partial charge in [0.05, 0.1) is 0 Å². The predicted octanol–water partition coefficient (Wildman–Crippen LogP) is 0.787.